The summed E-state index contributed by atoms with van der Waals surface area (Å²) in [7, 11) is 0. The Hall–Kier alpha value is -3.53. The summed E-state index contributed by atoms with van der Waals surface area (Å²) in [6.45, 7) is 1.99. The van der Waals surface area contributed by atoms with E-state index in [9.17, 15) is 4.79 Å². The van der Waals surface area contributed by atoms with Gasteiger partial charge in [0.2, 0.25) is 0 Å². The molecule has 0 aliphatic heterocycles. The Balaban J connectivity index is 1.99. The van der Waals surface area contributed by atoms with Crippen LogP contribution in [0.15, 0.2) is 77.7 Å². The first-order chi connectivity index (χ1) is 12.7. The molecule has 0 radical (unpaired) electrons. The number of aryl methyl sites for hydroxylation is 1. The Morgan fingerprint density at radius 3 is 2.46 bits per heavy atom. The quantitative estimate of drug-likeness (QED) is 0.560. The first-order valence-electron chi connectivity index (χ1n) is 8.41. The van der Waals surface area contributed by atoms with Gasteiger partial charge in [-0.05, 0) is 55.0 Å². The Kier molecular flexibility index (Phi) is 4.15. The molecule has 0 aliphatic rings. The highest BCUT2D eigenvalue weighted by Crippen LogP contribution is 2.17. The van der Waals surface area contributed by atoms with Crippen molar-refractivity contribution in [2.45, 2.75) is 6.92 Å². The van der Waals surface area contributed by atoms with E-state index in [0.29, 0.717) is 16.7 Å². The lowest BCUT2D eigenvalue weighted by Crippen LogP contribution is -2.23. The molecule has 2 aromatic carbocycles. The minimum Gasteiger partial charge on any atom is -0.268 e. The van der Waals surface area contributed by atoms with Crippen LogP contribution in [0.4, 0.5) is 0 Å². The lowest BCUT2D eigenvalue weighted by Gasteiger charge is -2.13. The fourth-order valence-corrected chi connectivity index (χ4v) is 2.94. The van der Waals surface area contributed by atoms with Crippen LogP contribution < -0.4 is 5.56 Å². The second kappa shape index (κ2) is 6.76. The number of rotatable bonds is 3. The number of nitrogens with zero attached hydrogens (tertiary/aromatic N) is 3. The van der Waals surface area contributed by atoms with Gasteiger partial charge >= 0.3 is 0 Å². The van der Waals surface area contributed by atoms with Crippen molar-refractivity contribution < 1.29 is 0 Å². The molecule has 0 saturated carbocycles. The summed E-state index contributed by atoms with van der Waals surface area (Å²) in [5, 5.41) is 0.603. The van der Waals surface area contributed by atoms with E-state index in [4.69, 9.17) is 4.98 Å². The number of para-hydroxylation sites is 2. The molecule has 0 fully saturated rings. The van der Waals surface area contributed by atoms with Crippen molar-refractivity contribution >= 4 is 23.1 Å². The highest BCUT2D eigenvalue weighted by molar-refractivity contribution is 5.80. The van der Waals surface area contributed by atoms with Gasteiger partial charge in [-0.3, -0.25) is 14.3 Å². The zero-order chi connectivity index (χ0) is 17.9. The van der Waals surface area contributed by atoms with Crippen LogP contribution in [-0.2, 0) is 0 Å². The maximum atomic E-state index is 13.2. The van der Waals surface area contributed by atoms with Crippen LogP contribution in [0.25, 0.3) is 28.7 Å². The van der Waals surface area contributed by atoms with Crippen LogP contribution in [0.5, 0.6) is 0 Å². The summed E-state index contributed by atoms with van der Waals surface area (Å²) in [5.74, 6) is 0.577. The average Bonchev–Trinajstić information content (AvgIpc) is 2.68. The fourth-order valence-electron chi connectivity index (χ4n) is 2.94. The van der Waals surface area contributed by atoms with Crippen molar-refractivity contribution in [2.75, 3.05) is 0 Å². The molecule has 4 nitrogen and oxygen atoms in total. The van der Waals surface area contributed by atoms with E-state index in [1.807, 2.05) is 85.8 Å². The van der Waals surface area contributed by atoms with Crippen LogP contribution in [0.3, 0.4) is 0 Å². The largest absolute Gasteiger partial charge is 0.268 e. The van der Waals surface area contributed by atoms with Crippen LogP contribution in [-0.4, -0.2) is 14.5 Å². The lowest BCUT2D eigenvalue weighted by molar-refractivity contribution is 0.934. The van der Waals surface area contributed by atoms with Gasteiger partial charge in [0.1, 0.15) is 5.82 Å². The number of hydrogen-bond acceptors (Lipinski definition) is 3. The fraction of sp³-hybridized carbons (Fsp3) is 0.0455. The van der Waals surface area contributed by atoms with E-state index in [0.717, 1.165) is 16.9 Å². The van der Waals surface area contributed by atoms with Crippen molar-refractivity contribution in [3.63, 3.8) is 0 Å². The molecule has 0 atom stereocenters. The summed E-state index contributed by atoms with van der Waals surface area (Å²) in [5.41, 5.74) is 3.26. The lowest BCUT2D eigenvalue weighted by atomic mass is 10.1. The standard InChI is InChI=1S/C22H17N3O/c1-16-8-2-5-12-20(16)25-21(14-13-17-9-6-7-15-23-17)24-19-11-4-3-10-18(19)22(25)26/h2-15H,1H3/b14-13-. The Bertz CT molecular complexity index is 1160. The van der Waals surface area contributed by atoms with E-state index >= 15 is 0 Å². The monoisotopic (exact) mass is 339 g/mol. The molecule has 26 heavy (non-hydrogen) atoms. The minimum atomic E-state index is -0.0782. The van der Waals surface area contributed by atoms with Crippen LogP contribution >= 0.6 is 0 Å². The molecule has 0 spiro atoms. The Morgan fingerprint density at radius 2 is 1.65 bits per heavy atom. The maximum Gasteiger partial charge on any atom is 0.266 e. The number of pyridine rings is 1. The van der Waals surface area contributed by atoms with Crippen LogP contribution in [0.1, 0.15) is 17.1 Å². The second-order valence-electron chi connectivity index (χ2n) is 6.00. The third kappa shape index (κ3) is 2.93. The van der Waals surface area contributed by atoms with Crippen LogP contribution in [0.2, 0.25) is 0 Å². The second-order valence-corrected chi connectivity index (χ2v) is 6.00. The smallest absolute Gasteiger partial charge is 0.266 e. The van der Waals surface area contributed by atoms with Gasteiger partial charge in [0.15, 0.2) is 0 Å². The molecule has 2 heterocycles. The molecular formula is C22H17N3O. The Morgan fingerprint density at radius 1 is 0.885 bits per heavy atom. The van der Waals surface area contributed by atoms with E-state index in [1.165, 1.54) is 0 Å². The Labute approximate surface area is 151 Å². The molecule has 4 heteroatoms. The van der Waals surface area contributed by atoms with Gasteiger partial charge < -0.3 is 0 Å². The summed E-state index contributed by atoms with van der Waals surface area (Å²) >= 11 is 0. The highest BCUT2D eigenvalue weighted by atomic mass is 16.1. The topological polar surface area (TPSA) is 47.8 Å². The van der Waals surface area contributed by atoms with E-state index < -0.39 is 0 Å². The molecule has 4 rings (SSSR count). The molecule has 0 bridgehead atoms. The molecule has 2 aromatic heterocycles. The van der Waals surface area contributed by atoms with E-state index in [1.54, 1.807) is 10.8 Å². The van der Waals surface area contributed by atoms with Crippen molar-refractivity contribution in [2.24, 2.45) is 0 Å². The zero-order valence-corrected chi connectivity index (χ0v) is 14.3. The average molecular weight is 339 g/mol. The number of aromatic nitrogens is 3. The normalized spacial score (nSPS) is 11.3. The molecule has 126 valence electrons. The minimum absolute atomic E-state index is 0.0782. The van der Waals surface area contributed by atoms with Crippen molar-refractivity contribution in [3.05, 3.63) is 100 Å². The highest BCUT2D eigenvalue weighted by Gasteiger charge is 2.12. The number of hydrogen-bond donors (Lipinski definition) is 0. The first kappa shape index (κ1) is 16.0. The van der Waals surface area contributed by atoms with Gasteiger partial charge in [0.05, 0.1) is 22.3 Å². The third-order valence-corrected chi connectivity index (χ3v) is 4.25. The first-order valence-corrected chi connectivity index (χ1v) is 8.41. The summed E-state index contributed by atoms with van der Waals surface area (Å²) in [4.78, 5) is 22.2. The van der Waals surface area contributed by atoms with E-state index in [2.05, 4.69) is 4.98 Å². The molecule has 0 unspecified atom stereocenters. The molecule has 0 saturated heterocycles. The van der Waals surface area contributed by atoms with Crippen molar-refractivity contribution in [1.82, 2.24) is 14.5 Å². The third-order valence-electron chi connectivity index (χ3n) is 4.25. The summed E-state index contributed by atoms with van der Waals surface area (Å²) in [6.07, 6.45) is 5.44. The van der Waals surface area contributed by atoms with Crippen molar-refractivity contribution in [1.29, 1.82) is 0 Å². The van der Waals surface area contributed by atoms with Crippen molar-refractivity contribution in [3.8, 4) is 5.69 Å². The predicted molar refractivity (Wildman–Crippen MR) is 105 cm³/mol. The maximum absolute atomic E-state index is 13.2. The summed E-state index contributed by atoms with van der Waals surface area (Å²) < 4.78 is 1.66. The number of fused-ring (bicyclic) bond motifs is 1. The van der Waals surface area contributed by atoms with Gasteiger partial charge in [-0.1, -0.05) is 36.4 Å². The number of benzene rings is 2. The van der Waals surface area contributed by atoms with Gasteiger partial charge in [-0.2, -0.15) is 0 Å². The SMILES string of the molecule is Cc1ccccc1-n1c(/C=C\c2ccccn2)nc2ccccc2c1=O. The molecule has 0 aliphatic carbocycles. The molecule has 4 aromatic rings. The van der Waals surface area contributed by atoms with Gasteiger partial charge in [0.25, 0.3) is 5.56 Å². The van der Waals surface area contributed by atoms with E-state index in [-0.39, 0.29) is 5.56 Å². The molecular weight excluding hydrogens is 322 g/mol. The van der Waals surface area contributed by atoms with Crippen LogP contribution in [0, 0.1) is 6.92 Å². The zero-order valence-electron chi connectivity index (χ0n) is 14.3. The van der Waals surface area contributed by atoms with Gasteiger partial charge in [-0.15, -0.1) is 0 Å². The van der Waals surface area contributed by atoms with Gasteiger partial charge in [0, 0.05) is 6.20 Å². The molecule has 0 N–H and O–H groups in total. The summed E-state index contributed by atoms with van der Waals surface area (Å²) in [6, 6.07) is 20.9. The predicted octanol–water partition coefficient (Wildman–Crippen LogP) is 4.26. The van der Waals surface area contributed by atoms with Gasteiger partial charge in [-0.25, -0.2) is 4.98 Å². The molecule has 0 amide bonds.